The van der Waals surface area contributed by atoms with Crippen molar-refractivity contribution in [1.82, 2.24) is 4.90 Å². The zero-order chi connectivity index (χ0) is 18.3. The minimum Gasteiger partial charge on any atom is -0.490 e. The minimum absolute atomic E-state index is 0.0526. The molecule has 4 atom stereocenters. The molecule has 3 heterocycles. The smallest absolute Gasteiger partial charge is 0.235 e. The summed E-state index contributed by atoms with van der Waals surface area (Å²) in [5, 5.41) is 0. The second-order valence-electron chi connectivity index (χ2n) is 7.07. The highest BCUT2D eigenvalue weighted by Gasteiger charge is 2.62. The summed E-state index contributed by atoms with van der Waals surface area (Å²) in [6.45, 7) is 5.40. The first-order chi connectivity index (χ1) is 12.6. The van der Waals surface area contributed by atoms with Crippen molar-refractivity contribution in [1.29, 1.82) is 0 Å². The van der Waals surface area contributed by atoms with Gasteiger partial charge in [0, 0.05) is 6.54 Å². The summed E-state index contributed by atoms with van der Waals surface area (Å²) in [5.41, 5.74) is 1.02. The number of ether oxygens (including phenoxy) is 3. The number of nitrogens with zero attached hydrogens (tertiary/aromatic N) is 1. The van der Waals surface area contributed by atoms with Crippen LogP contribution in [0.25, 0.3) is 0 Å². The standard InChI is InChI=1S/C20H25NO5/c1-3-24-13-6-5-12(11-16(13)25-4-2)9-10-21-19(22)17-14-7-8-15(26-14)18(17)20(21)23/h5-6,11,14-15,17-18H,3-4,7-10H2,1-2H3/t14-,15-,17-,18+/m1/s1. The van der Waals surface area contributed by atoms with Crippen molar-refractivity contribution in [2.45, 2.75) is 45.3 Å². The summed E-state index contributed by atoms with van der Waals surface area (Å²) in [6, 6.07) is 5.79. The molecule has 3 saturated heterocycles. The molecule has 3 aliphatic heterocycles. The summed E-state index contributed by atoms with van der Waals surface area (Å²) in [7, 11) is 0. The van der Waals surface area contributed by atoms with Crippen LogP contribution in [0.15, 0.2) is 18.2 Å². The van der Waals surface area contributed by atoms with E-state index in [2.05, 4.69) is 0 Å². The van der Waals surface area contributed by atoms with Gasteiger partial charge in [0.05, 0.1) is 37.3 Å². The van der Waals surface area contributed by atoms with E-state index in [1.165, 1.54) is 4.90 Å². The van der Waals surface area contributed by atoms with Gasteiger partial charge in [-0.1, -0.05) is 6.07 Å². The summed E-state index contributed by atoms with van der Waals surface area (Å²) in [5.74, 6) is 0.816. The van der Waals surface area contributed by atoms with Crippen molar-refractivity contribution in [2.24, 2.45) is 11.8 Å². The van der Waals surface area contributed by atoms with Crippen LogP contribution in [0.2, 0.25) is 0 Å². The Morgan fingerprint density at radius 2 is 1.62 bits per heavy atom. The maximum atomic E-state index is 12.7. The molecule has 4 rings (SSSR count). The van der Waals surface area contributed by atoms with Gasteiger partial charge in [-0.15, -0.1) is 0 Å². The lowest BCUT2D eigenvalue weighted by Gasteiger charge is -2.18. The lowest BCUT2D eigenvalue weighted by atomic mass is 9.81. The van der Waals surface area contributed by atoms with Gasteiger partial charge in [-0.05, 0) is 50.8 Å². The van der Waals surface area contributed by atoms with E-state index in [0.29, 0.717) is 31.9 Å². The fourth-order valence-corrected chi connectivity index (χ4v) is 4.49. The number of carbonyl (C=O) groups excluding carboxylic acids is 2. The summed E-state index contributed by atoms with van der Waals surface area (Å²) >= 11 is 0. The highest BCUT2D eigenvalue weighted by Crippen LogP contribution is 2.48. The molecular formula is C20H25NO5. The number of benzene rings is 1. The number of likely N-dealkylation sites (tertiary alicyclic amines) is 1. The Morgan fingerprint density at radius 1 is 1.00 bits per heavy atom. The quantitative estimate of drug-likeness (QED) is 0.698. The Bertz CT molecular complexity index is 690. The Hall–Kier alpha value is -2.08. The number of carbonyl (C=O) groups is 2. The monoisotopic (exact) mass is 359 g/mol. The van der Waals surface area contributed by atoms with E-state index < -0.39 is 0 Å². The first-order valence-electron chi connectivity index (χ1n) is 9.53. The fraction of sp³-hybridized carbons (Fsp3) is 0.600. The lowest BCUT2D eigenvalue weighted by Crippen LogP contribution is -2.35. The van der Waals surface area contributed by atoms with Gasteiger partial charge in [-0.3, -0.25) is 14.5 Å². The third kappa shape index (κ3) is 2.76. The Morgan fingerprint density at radius 3 is 2.23 bits per heavy atom. The Kier molecular flexibility index (Phi) is 4.61. The maximum absolute atomic E-state index is 12.7. The van der Waals surface area contributed by atoms with Crippen molar-refractivity contribution in [3.05, 3.63) is 23.8 Å². The molecule has 2 bridgehead atoms. The highest BCUT2D eigenvalue weighted by atomic mass is 16.5. The number of imide groups is 1. The summed E-state index contributed by atoms with van der Waals surface area (Å²) in [4.78, 5) is 26.8. The molecule has 1 aromatic carbocycles. The average molecular weight is 359 g/mol. The van der Waals surface area contributed by atoms with E-state index in [0.717, 1.165) is 24.2 Å². The van der Waals surface area contributed by atoms with Crippen LogP contribution < -0.4 is 9.47 Å². The van der Waals surface area contributed by atoms with Gasteiger partial charge in [0.1, 0.15) is 0 Å². The molecule has 26 heavy (non-hydrogen) atoms. The predicted octanol–water partition coefficient (Wildman–Crippen LogP) is 2.19. The first kappa shape index (κ1) is 17.3. The van der Waals surface area contributed by atoms with Gasteiger partial charge in [-0.25, -0.2) is 0 Å². The molecule has 0 saturated carbocycles. The first-order valence-corrected chi connectivity index (χ1v) is 9.53. The number of fused-ring (bicyclic) bond motifs is 5. The molecule has 3 aliphatic rings. The second-order valence-corrected chi connectivity index (χ2v) is 7.07. The molecule has 0 N–H and O–H groups in total. The lowest BCUT2D eigenvalue weighted by molar-refractivity contribution is -0.142. The fourth-order valence-electron chi connectivity index (χ4n) is 4.49. The molecule has 0 aromatic heterocycles. The van der Waals surface area contributed by atoms with Crippen LogP contribution in [-0.4, -0.2) is 48.7 Å². The largest absolute Gasteiger partial charge is 0.490 e. The number of hydrogen-bond acceptors (Lipinski definition) is 5. The average Bonchev–Trinajstić information content (AvgIpc) is 3.30. The van der Waals surface area contributed by atoms with Gasteiger partial charge in [-0.2, -0.15) is 0 Å². The summed E-state index contributed by atoms with van der Waals surface area (Å²) < 4.78 is 17.0. The van der Waals surface area contributed by atoms with Crippen LogP contribution in [0, 0.1) is 11.8 Å². The van der Waals surface area contributed by atoms with E-state index >= 15 is 0 Å². The number of rotatable bonds is 7. The van der Waals surface area contributed by atoms with E-state index in [1.54, 1.807) is 0 Å². The van der Waals surface area contributed by atoms with Crippen LogP contribution in [0.1, 0.15) is 32.3 Å². The molecule has 1 aromatic rings. The third-order valence-electron chi connectivity index (χ3n) is 5.61. The zero-order valence-corrected chi connectivity index (χ0v) is 15.3. The van der Waals surface area contributed by atoms with E-state index in [1.807, 2.05) is 32.0 Å². The van der Waals surface area contributed by atoms with Crippen LogP contribution in [0.3, 0.4) is 0 Å². The Labute approximate surface area is 153 Å². The molecule has 2 amide bonds. The van der Waals surface area contributed by atoms with Crippen LogP contribution >= 0.6 is 0 Å². The topological polar surface area (TPSA) is 65.1 Å². The van der Waals surface area contributed by atoms with Gasteiger partial charge >= 0.3 is 0 Å². The van der Waals surface area contributed by atoms with Crippen molar-refractivity contribution < 1.29 is 23.8 Å². The molecular weight excluding hydrogens is 334 g/mol. The molecule has 0 spiro atoms. The SMILES string of the molecule is CCOc1ccc(CCN2C(=O)[C@@H]3[C@H](C2=O)[C@H]2CC[C@H]3O2)cc1OCC. The van der Waals surface area contributed by atoms with Gasteiger partial charge < -0.3 is 14.2 Å². The zero-order valence-electron chi connectivity index (χ0n) is 15.3. The van der Waals surface area contributed by atoms with Crippen molar-refractivity contribution in [3.8, 4) is 11.5 Å². The van der Waals surface area contributed by atoms with E-state index in [4.69, 9.17) is 14.2 Å². The van der Waals surface area contributed by atoms with Gasteiger partial charge in [0.15, 0.2) is 11.5 Å². The van der Waals surface area contributed by atoms with E-state index in [-0.39, 0.29) is 35.9 Å². The van der Waals surface area contributed by atoms with E-state index in [9.17, 15) is 9.59 Å². The molecule has 3 fully saturated rings. The van der Waals surface area contributed by atoms with Crippen molar-refractivity contribution in [3.63, 3.8) is 0 Å². The van der Waals surface area contributed by atoms with Crippen molar-refractivity contribution >= 4 is 11.8 Å². The van der Waals surface area contributed by atoms with Gasteiger partial charge in [0.25, 0.3) is 0 Å². The van der Waals surface area contributed by atoms with Crippen LogP contribution in [0.4, 0.5) is 0 Å². The predicted molar refractivity (Wildman–Crippen MR) is 94.1 cm³/mol. The normalized spacial score (nSPS) is 29.4. The molecule has 0 aliphatic carbocycles. The molecule has 0 radical (unpaired) electrons. The minimum atomic E-state index is -0.249. The molecule has 0 unspecified atom stereocenters. The second kappa shape index (κ2) is 6.91. The Balaban J connectivity index is 1.45. The number of hydrogen-bond donors (Lipinski definition) is 0. The van der Waals surface area contributed by atoms with Crippen molar-refractivity contribution in [2.75, 3.05) is 19.8 Å². The van der Waals surface area contributed by atoms with Crippen LogP contribution in [-0.2, 0) is 20.7 Å². The highest BCUT2D eigenvalue weighted by molar-refractivity contribution is 6.06. The summed E-state index contributed by atoms with van der Waals surface area (Å²) in [6.07, 6.45) is 2.30. The molecule has 6 nitrogen and oxygen atoms in total. The van der Waals surface area contributed by atoms with Gasteiger partial charge in [0.2, 0.25) is 11.8 Å². The molecule has 6 heteroatoms. The number of amides is 2. The van der Waals surface area contributed by atoms with Crippen LogP contribution in [0.5, 0.6) is 11.5 Å². The third-order valence-corrected chi connectivity index (χ3v) is 5.61. The molecule has 140 valence electrons. The maximum Gasteiger partial charge on any atom is 0.235 e.